The van der Waals surface area contributed by atoms with Gasteiger partial charge in [-0.2, -0.15) is 0 Å². The van der Waals surface area contributed by atoms with Crippen molar-refractivity contribution >= 4 is 17.1 Å². The lowest BCUT2D eigenvalue weighted by atomic mass is 10.1. The van der Waals surface area contributed by atoms with Crippen molar-refractivity contribution in [1.82, 2.24) is 19.8 Å². The minimum Gasteiger partial charge on any atom is -0.450 e. The third-order valence-corrected chi connectivity index (χ3v) is 4.28. The minimum atomic E-state index is -0.206. The van der Waals surface area contributed by atoms with Crippen LogP contribution in [0.25, 0.3) is 11.0 Å². The lowest BCUT2D eigenvalue weighted by Gasteiger charge is -2.33. The highest BCUT2D eigenvalue weighted by Crippen LogP contribution is 2.16. The first kappa shape index (κ1) is 15.8. The Hall–Kier alpha value is -2.08. The van der Waals surface area contributed by atoms with E-state index in [-0.39, 0.29) is 6.09 Å². The highest BCUT2D eigenvalue weighted by Gasteiger charge is 2.22. The number of fused-ring (bicyclic) bond motifs is 1. The zero-order chi connectivity index (χ0) is 16.2. The zero-order valence-corrected chi connectivity index (χ0v) is 13.8. The number of hydrogen-bond acceptors (Lipinski definition) is 4. The quantitative estimate of drug-likeness (QED) is 0.941. The normalized spacial score (nSPS) is 16.0. The number of imidazole rings is 1. The van der Waals surface area contributed by atoms with Crippen LogP contribution in [0.15, 0.2) is 18.2 Å². The largest absolute Gasteiger partial charge is 0.450 e. The number of aromatic amines is 1. The number of amides is 1. The van der Waals surface area contributed by atoms with Gasteiger partial charge in [-0.05, 0) is 31.0 Å². The molecule has 0 bridgehead atoms. The number of rotatable bonds is 4. The Morgan fingerprint density at radius 3 is 2.74 bits per heavy atom. The second-order valence-corrected chi connectivity index (χ2v) is 5.85. The van der Waals surface area contributed by atoms with E-state index in [2.05, 4.69) is 40.0 Å². The molecule has 0 aliphatic carbocycles. The van der Waals surface area contributed by atoms with Crippen molar-refractivity contribution in [3.63, 3.8) is 0 Å². The van der Waals surface area contributed by atoms with Crippen LogP contribution in [0.1, 0.15) is 25.2 Å². The molecule has 23 heavy (non-hydrogen) atoms. The van der Waals surface area contributed by atoms with E-state index in [1.807, 2.05) is 6.92 Å². The summed E-state index contributed by atoms with van der Waals surface area (Å²) in [6.45, 7) is 8.30. The van der Waals surface area contributed by atoms with Crippen LogP contribution >= 0.6 is 0 Å². The van der Waals surface area contributed by atoms with Crippen LogP contribution in [0.3, 0.4) is 0 Å². The number of aryl methyl sites for hydroxylation is 1. The van der Waals surface area contributed by atoms with Gasteiger partial charge in [-0.15, -0.1) is 0 Å². The molecule has 1 aromatic heterocycles. The third-order valence-electron chi connectivity index (χ3n) is 4.28. The molecule has 3 rings (SSSR count). The predicted octanol–water partition coefficient (Wildman–Crippen LogP) is 2.40. The molecular formula is C17H24N4O2. The Morgan fingerprint density at radius 2 is 2.04 bits per heavy atom. The molecule has 2 aromatic rings. The summed E-state index contributed by atoms with van der Waals surface area (Å²) < 4.78 is 5.05. The van der Waals surface area contributed by atoms with Gasteiger partial charge >= 0.3 is 6.09 Å². The maximum Gasteiger partial charge on any atom is 0.409 e. The molecule has 0 radical (unpaired) electrons. The fraction of sp³-hybridized carbons (Fsp3) is 0.529. The van der Waals surface area contributed by atoms with Crippen molar-refractivity contribution in [2.45, 2.75) is 26.8 Å². The Balaban J connectivity index is 1.59. The molecule has 1 aliphatic heterocycles. The summed E-state index contributed by atoms with van der Waals surface area (Å²) in [4.78, 5) is 23.9. The number of carbonyl (C=O) groups excluding carboxylic acids is 1. The van der Waals surface area contributed by atoms with E-state index in [1.165, 1.54) is 5.56 Å². The van der Waals surface area contributed by atoms with Gasteiger partial charge in [0.05, 0.1) is 24.2 Å². The van der Waals surface area contributed by atoms with Crippen LogP contribution < -0.4 is 0 Å². The topological polar surface area (TPSA) is 61.5 Å². The molecule has 0 spiro atoms. The molecular weight excluding hydrogens is 292 g/mol. The first-order chi connectivity index (χ1) is 11.2. The van der Waals surface area contributed by atoms with Gasteiger partial charge in [0.15, 0.2) is 0 Å². The van der Waals surface area contributed by atoms with Crippen molar-refractivity contribution in [3.8, 4) is 0 Å². The number of aromatic nitrogens is 2. The van der Waals surface area contributed by atoms with Gasteiger partial charge < -0.3 is 14.6 Å². The van der Waals surface area contributed by atoms with Gasteiger partial charge in [0, 0.05) is 26.2 Å². The van der Waals surface area contributed by atoms with Crippen LogP contribution in [0.5, 0.6) is 0 Å². The number of H-pyrrole nitrogens is 1. The second kappa shape index (κ2) is 7.00. The van der Waals surface area contributed by atoms with E-state index >= 15 is 0 Å². The molecule has 0 saturated carbocycles. The molecule has 0 atom stereocenters. The van der Waals surface area contributed by atoms with E-state index in [4.69, 9.17) is 4.74 Å². The first-order valence-electron chi connectivity index (χ1n) is 8.31. The number of nitrogens with one attached hydrogen (secondary N) is 1. The average molecular weight is 316 g/mol. The molecule has 1 aliphatic rings. The second-order valence-electron chi connectivity index (χ2n) is 5.85. The van der Waals surface area contributed by atoms with Crippen molar-refractivity contribution in [2.75, 3.05) is 32.8 Å². The third kappa shape index (κ3) is 3.64. The molecule has 124 valence electrons. The Bertz CT molecular complexity index is 674. The first-order valence-corrected chi connectivity index (χ1v) is 8.31. The molecule has 1 N–H and O–H groups in total. The summed E-state index contributed by atoms with van der Waals surface area (Å²) in [7, 11) is 0. The summed E-state index contributed by atoms with van der Waals surface area (Å²) in [5.74, 6) is 0.984. The van der Waals surface area contributed by atoms with Crippen molar-refractivity contribution in [3.05, 3.63) is 29.6 Å². The average Bonchev–Trinajstić information content (AvgIpc) is 2.96. The summed E-state index contributed by atoms with van der Waals surface area (Å²) in [6.07, 6.45) is 0.822. The summed E-state index contributed by atoms with van der Waals surface area (Å²) in [5, 5.41) is 0. The van der Waals surface area contributed by atoms with Gasteiger partial charge in [0.2, 0.25) is 0 Å². The standard InChI is InChI=1S/C17H24N4O2/c1-3-13-5-6-14-15(11-13)19-16(18-14)12-20-7-9-21(10-8-20)17(22)23-4-2/h5-6,11H,3-4,7-10,12H2,1-2H3,(H,18,19). The summed E-state index contributed by atoms with van der Waals surface area (Å²) >= 11 is 0. The van der Waals surface area contributed by atoms with Gasteiger partial charge in [0.25, 0.3) is 0 Å². The smallest absolute Gasteiger partial charge is 0.409 e. The maximum absolute atomic E-state index is 11.7. The maximum atomic E-state index is 11.7. The zero-order valence-electron chi connectivity index (χ0n) is 13.8. The molecule has 1 saturated heterocycles. The highest BCUT2D eigenvalue weighted by molar-refractivity contribution is 5.75. The van der Waals surface area contributed by atoms with Gasteiger partial charge in [-0.3, -0.25) is 4.90 Å². The van der Waals surface area contributed by atoms with Crippen molar-refractivity contribution in [1.29, 1.82) is 0 Å². The van der Waals surface area contributed by atoms with Crippen molar-refractivity contribution < 1.29 is 9.53 Å². The predicted molar refractivity (Wildman–Crippen MR) is 89.3 cm³/mol. The fourth-order valence-electron chi connectivity index (χ4n) is 2.92. The minimum absolute atomic E-state index is 0.206. The van der Waals surface area contributed by atoms with E-state index in [1.54, 1.807) is 4.90 Å². The monoisotopic (exact) mass is 316 g/mol. The summed E-state index contributed by atoms with van der Waals surface area (Å²) in [6, 6.07) is 6.38. The molecule has 0 unspecified atom stereocenters. The molecule has 6 heteroatoms. The van der Waals surface area contributed by atoms with E-state index < -0.39 is 0 Å². The van der Waals surface area contributed by atoms with Crippen LogP contribution in [0.4, 0.5) is 4.79 Å². The van der Waals surface area contributed by atoms with Crippen molar-refractivity contribution in [2.24, 2.45) is 0 Å². The number of ether oxygens (including phenoxy) is 1. The van der Waals surface area contributed by atoms with E-state index in [0.29, 0.717) is 19.7 Å². The number of nitrogens with zero attached hydrogens (tertiary/aromatic N) is 3. The Morgan fingerprint density at radius 1 is 1.26 bits per heavy atom. The SMILES string of the molecule is CCOC(=O)N1CCN(Cc2nc3ccc(CC)cc3[nH]2)CC1. The summed E-state index contributed by atoms with van der Waals surface area (Å²) in [5.41, 5.74) is 3.43. The molecule has 2 heterocycles. The number of benzene rings is 1. The number of piperazine rings is 1. The van der Waals surface area contributed by atoms with Gasteiger partial charge in [-0.25, -0.2) is 9.78 Å². The van der Waals surface area contributed by atoms with Crippen LogP contribution in [0.2, 0.25) is 0 Å². The van der Waals surface area contributed by atoms with Crippen LogP contribution in [-0.2, 0) is 17.7 Å². The molecule has 6 nitrogen and oxygen atoms in total. The lowest BCUT2D eigenvalue weighted by Crippen LogP contribution is -2.48. The number of hydrogen-bond donors (Lipinski definition) is 1. The van der Waals surface area contributed by atoms with Gasteiger partial charge in [-0.1, -0.05) is 13.0 Å². The lowest BCUT2D eigenvalue weighted by molar-refractivity contribution is 0.0773. The molecule has 1 fully saturated rings. The van der Waals surface area contributed by atoms with E-state index in [0.717, 1.165) is 42.9 Å². The Labute approximate surface area is 136 Å². The van der Waals surface area contributed by atoms with Crippen LogP contribution in [-0.4, -0.2) is 58.6 Å². The molecule has 1 amide bonds. The highest BCUT2D eigenvalue weighted by atomic mass is 16.6. The van der Waals surface area contributed by atoms with E-state index in [9.17, 15) is 4.79 Å². The molecule has 1 aromatic carbocycles. The number of carbonyl (C=O) groups is 1. The Kier molecular flexibility index (Phi) is 4.81. The van der Waals surface area contributed by atoms with Gasteiger partial charge in [0.1, 0.15) is 5.82 Å². The fourth-order valence-corrected chi connectivity index (χ4v) is 2.92. The van der Waals surface area contributed by atoms with Crippen LogP contribution in [0, 0.1) is 0 Å².